The summed E-state index contributed by atoms with van der Waals surface area (Å²) in [6.45, 7) is 37.2. The largest absolute Gasteiger partial charge is 0.493 e. The molecule has 2 N–H and O–H groups in total. The topological polar surface area (TPSA) is 338 Å². The number of aromatic nitrogens is 5. The number of hydrogen-bond donors (Lipinski definition) is 2. The van der Waals surface area contributed by atoms with Gasteiger partial charge >= 0.3 is 0 Å². The molecule has 0 bridgehead atoms. The number of methoxy groups -OCH3 is 8. The third-order valence-electron chi connectivity index (χ3n) is 26.6. The number of ether oxygens (including phenoxy) is 13. The zero-order valence-electron chi connectivity index (χ0n) is 90.6. The van der Waals surface area contributed by atoms with E-state index in [1.165, 1.54) is 85.9 Å². The molecular formula is C115H142Cl2F4N6O23. The zero-order valence-corrected chi connectivity index (χ0v) is 92.1. The third kappa shape index (κ3) is 28.3. The number of rotatable bonds is 40. The highest BCUT2D eigenvalue weighted by Crippen LogP contribution is 2.51. The molecule has 9 heterocycles. The van der Waals surface area contributed by atoms with Crippen molar-refractivity contribution in [2.24, 2.45) is 22.7 Å². The van der Waals surface area contributed by atoms with E-state index in [0.717, 1.165) is 78.5 Å². The number of carbonyl (C=O) groups is 5. The first-order valence-corrected chi connectivity index (χ1v) is 51.0. The lowest BCUT2D eigenvalue weighted by molar-refractivity contribution is 0.100. The lowest BCUT2D eigenvalue weighted by Crippen LogP contribution is -2.34. The Hall–Kier alpha value is -12.3. The normalized spacial score (nSPS) is 14.4. The van der Waals surface area contributed by atoms with Crippen molar-refractivity contribution < 1.29 is 103 Å². The molecule has 5 aromatic carbocycles. The van der Waals surface area contributed by atoms with Gasteiger partial charge < -0.3 is 90.1 Å². The Balaban J connectivity index is 0.000000192. The molecule has 14 rings (SSSR count). The van der Waals surface area contributed by atoms with Gasteiger partial charge in [-0.2, -0.15) is 0 Å². The maximum atomic E-state index is 15.4. The van der Waals surface area contributed by atoms with E-state index in [2.05, 4.69) is 44.9 Å². The Kier molecular flexibility index (Phi) is 42.7. The van der Waals surface area contributed by atoms with Crippen molar-refractivity contribution in [2.45, 2.75) is 212 Å². The average molecular weight is 2120 g/mol. The number of benzene rings is 5. The highest BCUT2D eigenvalue weighted by Gasteiger charge is 2.41. The summed E-state index contributed by atoms with van der Waals surface area (Å²) in [6, 6.07) is 19.2. The highest BCUT2D eigenvalue weighted by atomic mass is 35.5. The highest BCUT2D eigenvalue weighted by molar-refractivity contribution is 6.32. The smallest absolute Gasteiger partial charge is 0.228 e. The number of halogens is 6. The molecule has 0 fully saturated rings. The van der Waals surface area contributed by atoms with Crippen molar-refractivity contribution in [3.8, 4) is 102 Å². The van der Waals surface area contributed by atoms with Gasteiger partial charge in [0.1, 0.15) is 11.5 Å². The van der Waals surface area contributed by atoms with Gasteiger partial charge in [-0.15, -0.1) is 0 Å². The van der Waals surface area contributed by atoms with E-state index in [1.54, 1.807) is 85.2 Å². The van der Waals surface area contributed by atoms with Crippen LogP contribution in [0.3, 0.4) is 0 Å². The summed E-state index contributed by atoms with van der Waals surface area (Å²) in [5, 5.41) is 4.10. The van der Waals surface area contributed by atoms with Gasteiger partial charge in [0.05, 0.1) is 115 Å². The molecule has 0 saturated carbocycles. The predicted molar refractivity (Wildman–Crippen MR) is 573 cm³/mol. The minimum absolute atomic E-state index is 0.101. The molecule has 10 aromatic rings. The lowest BCUT2D eigenvalue weighted by atomic mass is 9.78. The number of aromatic amines is 1. The van der Waals surface area contributed by atoms with Gasteiger partial charge in [0.15, 0.2) is 92.1 Å². The number of hydrogen-bond acceptors (Lipinski definition) is 24. The standard InChI is InChI=1S/C24H30FNO5.C23H27ClFNO4.C23H28FNO5.C23H32N2O5.C22H25ClFNO4/c1-14(27)17-13-26-20(24(2,3)4)11-15-10-19(31-9-7-8-29-5)18(30-6)12-16(15)22(26)21(25)23(17)28;1-13(27)16-12-26-19(23(2,3)4)10-14-9-18(30-8-6-7-29-5)17(24)11-15(14)21(26)20(25)22(16)28;1-13(2)18-9-15-10-20(30-8-6-7-28-4)19(29-5)11-16(15)22-21(24)23(27)17(14(3)26)12-25(18)22;1-15(2)24-8-7-17-11-23(30-10-6-9-28-4)22(29-5)12-18(17)20-13-21(27)19(14-25-20)16(3)26;1-12(2)18-8-14-9-19(29-7-5-6-28-4)17(23)10-15(14)21-20(24)22(27)16(13(3)26)11-25(18)21/h10,12-13,20H,7-9,11H2,1-6H3;9,11-12,19H,6-8,10H2,1-5H3;10-13,18H,6-9H2,1-5H3;11-15,24H,6-10H2,1-5H3,(H,25,27);9-12,18H,5-8H2,1-4H3. The van der Waals surface area contributed by atoms with Crippen molar-refractivity contribution in [3.63, 3.8) is 0 Å². The summed E-state index contributed by atoms with van der Waals surface area (Å²) in [5.41, 5.74) is 4.22. The van der Waals surface area contributed by atoms with E-state index in [4.69, 9.17) is 84.8 Å². The van der Waals surface area contributed by atoms with Gasteiger partial charge in [-0.3, -0.25) is 47.9 Å². The molecule has 0 radical (unpaired) electrons. The van der Waals surface area contributed by atoms with Gasteiger partial charge in [-0.1, -0.05) is 106 Å². The van der Waals surface area contributed by atoms with Crippen LogP contribution in [-0.4, -0.2) is 188 Å². The van der Waals surface area contributed by atoms with Crippen LogP contribution in [0.1, 0.15) is 254 Å². The lowest BCUT2D eigenvalue weighted by Gasteiger charge is -2.39. The van der Waals surface area contributed by atoms with Crippen LogP contribution in [0.2, 0.25) is 10.0 Å². The van der Waals surface area contributed by atoms with Crippen LogP contribution >= 0.6 is 23.2 Å². The van der Waals surface area contributed by atoms with Crippen LogP contribution in [-0.2, 0) is 55.8 Å². The Morgan fingerprint density at radius 3 is 0.933 bits per heavy atom. The number of ketones is 5. The molecule has 5 aromatic heterocycles. The van der Waals surface area contributed by atoms with Crippen LogP contribution in [0.4, 0.5) is 17.6 Å². The average Bonchev–Trinajstić information content (AvgIpc) is 0.744. The molecule has 0 aliphatic carbocycles. The van der Waals surface area contributed by atoms with Crippen LogP contribution in [0.25, 0.3) is 56.3 Å². The zero-order chi connectivity index (χ0) is 111. The SMILES string of the molecule is COCCCOc1cc(CCNC(C)C)c(-c2cc(=O)c(C(C)=O)c[nH]2)cc1OC.COCCCOc1cc2c(cc1Cl)-c1c(F)c(=O)c(C(C)=O)cn1C(C(C)(C)C)C2.COCCCOc1cc2c(cc1Cl)-c1c(F)c(=O)c(C(C)=O)cn1C(C(C)C)C2.COCCCOc1cc2c(cc1OC)-c1c(F)c(=O)c(C(C)=O)cn1C(C(C)(C)C)C2.COCCCOc1cc2c(cc1OC)-c1c(F)c(=O)c(C(C)=O)cn1C(C(C)C)C2. The molecule has 4 unspecified atom stereocenters. The molecule has 0 spiro atoms. The quantitative estimate of drug-likeness (QED) is 0.0205. The summed E-state index contributed by atoms with van der Waals surface area (Å²) in [7, 11) is 12.8. The van der Waals surface area contributed by atoms with Crippen LogP contribution < -0.4 is 70.4 Å². The second kappa shape index (κ2) is 53.6. The minimum Gasteiger partial charge on any atom is -0.493 e. The van der Waals surface area contributed by atoms with E-state index in [1.807, 2.05) is 84.9 Å². The Morgan fingerprint density at radius 2 is 0.647 bits per heavy atom. The first-order chi connectivity index (χ1) is 71.1. The number of nitrogens with zero attached hydrogens (tertiary/aromatic N) is 4. The molecule has 4 aliphatic rings. The number of H-pyrrole nitrogens is 1. The summed E-state index contributed by atoms with van der Waals surface area (Å²) < 4.78 is 139. The summed E-state index contributed by atoms with van der Waals surface area (Å²) in [6.07, 6.45) is 14.3. The second-order valence-corrected chi connectivity index (χ2v) is 41.4. The molecule has 4 atom stereocenters. The number of fused-ring (bicyclic) bond motifs is 12. The van der Waals surface area contributed by atoms with E-state index >= 15 is 17.6 Å². The fourth-order valence-corrected chi connectivity index (χ4v) is 19.1. The summed E-state index contributed by atoms with van der Waals surface area (Å²) >= 11 is 12.8. The fraction of sp³-hybridized carbons (Fsp3) is 0.478. The molecule has 0 amide bonds. The van der Waals surface area contributed by atoms with Gasteiger partial charge in [0.25, 0.3) is 0 Å². The molecule has 0 saturated heterocycles. The molecule has 150 heavy (non-hydrogen) atoms. The number of nitrogens with one attached hydrogen (secondary N) is 2. The van der Waals surface area contributed by atoms with Crippen molar-refractivity contribution >= 4 is 52.1 Å². The monoisotopic (exact) mass is 2120 g/mol. The molecular weight excluding hydrogens is 1980 g/mol. The van der Waals surface area contributed by atoms with Gasteiger partial charge in [-0.05, 0) is 184 Å². The van der Waals surface area contributed by atoms with Gasteiger partial charge in [-0.25, -0.2) is 17.6 Å². The number of pyridine rings is 5. The first-order valence-electron chi connectivity index (χ1n) is 50.3. The van der Waals surface area contributed by atoms with Crippen LogP contribution in [0.5, 0.6) is 46.0 Å². The number of carbonyl (C=O) groups excluding carboxylic acids is 5. The van der Waals surface area contributed by atoms with E-state index in [-0.39, 0.29) is 109 Å². The summed E-state index contributed by atoms with van der Waals surface area (Å²) in [4.78, 5) is 125. The molecule has 29 nitrogen and oxygen atoms in total. The summed E-state index contributed by atoms with van der Waals surface area (Å²) in [5.74, 6) is -1.07. The fourth-order valence-electron chi connectivity index (χ4n) is 18.6. The second-order valence-electron chi connectivity index (χ2n) is 40.6. The van der Waals surface area contributed by atoms with E-state index < -0.39 is 68.1 Å². The van der Waals surface area contributed by atoms with E-state index in [9.17, 15) is 47.9 Å². The molecule has 35 heteroatoms. The predicted octanol–water partition coefficient (Wildman–Crippen LogP) is 21.4. The molecule has 812 valence electrons. The van der Waals surface area contributed by atoms with Gasteiger partial charge in [0.2, 0.25) is 21.7 Å². The van der Waals surface area contributed by atoms with Crippen molar-refractivity contribution in [3.05, 3.63) is 238 Å². The minimum atomic E-state index is -0.928. The van der Waals surface area contributed by atoms with Crippen molar-refractivity contribution in [1.82, 2.24) is 28.6 Å². The Bertz CT molecular complexity index is 6890. The maximum Gasteiger partial charge on any atom is 0.228 e. The Labute approximate surface area is 883 Å². The van der Waals surface area contributed by atoms with Crippen molar-refractivity contribution in [2.75, 3.05) is 129 Å². The number of Topliss-reactive ketones (excluding diaryl/α,β-unsaturated/α-hetero) is 5. The third-order valence-corrected chi connectivity index (χ3v) is 27.2. The van der Waals surface area contributed by atoms with Crippen LogP contribution in [0.15, 0.2) is 122 Å². The first kappa shape index (κ1) is 120. The molecule has 4 aliphatic heterocycles. The van der Waals surface area contributed by atoms with Crippen LogP contribution in [0, 0.1) is 45.9 Å². The maximum absolute atomic E-state index is 15.4. The Morgan fingerprint density at radius 1 is 0.367 bits per heavy atom. The van der Waals surface area contributed by atoms with E-state index in [0.29, 0.717) is 182 Å². The van der Waals surface area contributed by atoms with Gasteiger partial charge in [0, 0.05) is 201 Å². The van der Waals surface area contributed by atoms with Crippen molar-refractivity contribution in [1.29, 1.82) is 0 Å².